The van der Waals surface area contributed by atoms with E-state index >= 15 is 0 Å². The Bertz CT molecular complexity index is 482. The molecule has 0 saturated heterocycles. The van der Waals surface area contributed by atoms with Crippen molar-refractivity contribution in [2.24, 2.45) is 0 Å². The molecule has 15 heavy (non-hydrogen) atoms. The molecule has 0 aliphatic rings. The molecule has 2 nitrogen and oxygen atoms in total. The van der Waals surface area contributed by atoms with Crippen molar-refractivity contribution in [1.29, 1.82) is 0 Å². The van der Waals surface area contributed by atoms with Crippen LogP contribution >= 0.6 is 11.3 Å². The lowest BCUT2D eigenvalue weighted by Crippen LogP contribution is -1.86. The molecule has 0 bridgehead atoms. The second-order valence-corrected chi connectivity index (χ2v) is 4.57. The van der Waals surface area contributed by atoms with Crippen molar-refractivity contribution in [3.63, 3.8) is 0 Å². The molecule has 0 radical (unpaired) electrons. The fourth-order valence-electron chi connectivity index (χ4n) is 1.53. The highest BCUT2D eigenvalue weighted by Gasteiger charge is 2.03. The Balaban J connectivity index is 2.48. The number of aldehydes is 1. The summed E-state index contributed by atoms with van der Waals surface area (Å²) in [5, 5.41) is 0. The lowest BCUT2D eigenvalue weighted by atomic mass is 10.1. The summed E-state index contributed by atoms with van der Waals surface area (Å²) >= 11 is 1.48. The molecule has 2 rings (SSSR count). The number of nitrogen functional groups attached to an aromatic ring is 1. The second-order valence-electron chi connectivity index (χ2n) is 3.45. The number of benzene rings is 1. The van der Waals surface area contributed by atoms with Crippen LogP contribution < -0.4 is 5.73 Å². The highest BCUT2D eigenvalue weighted by molar-refractivity contribution is 7.17. The first-order valence-electron chi connectivity index (χ1n) is 4.61. The molecule has 0 spiro atoms. The Kier molecular flexibility index (Phi) is 2.56. The van der Waals surface area contributed by atoms with Gasteiger partial charge in [0.05, 0.1) is 4.88 Å². The molecule has 2 aromatic rings. The molecule has 3 heteroatoms. The highest BCUT2D eigenvalue weighted by atomic mass is 32.1. The van der Waals surface area contributed by atoms with E-state index in [2.05, 4.69) is 6.07 Å². The third kappa shape index (κ3) is 2.07. The molecule has 0 amide bonds. The van der Waals surface area contributed by atoms with Crippen LogP contribution in [0.5, 0.6) is 0 Å². The van der Waals surface area contributed by atoms with Crippen molar-refractivity contribution in [1.82, 2.24) is 0 Å². The lowest BCUT2D eigenvalue weighted by Gasteiger charge is -2.01. The van der Waals surface area contributed by atoms with Gasteiger partial charge in [0.25, 0.3) is 0 Å². The molecule has 1 aromatic carbocycles. The van der Waals surface area contributed by atoms with Crippen molar-refractivity contribution in [2.75, 3.05) is 5.73 Å². The Hall–Kier alpha value is -1.61. The van der Waals surface area contributed by atoms with Crippen LogP contribution in [-0.2, 0) is 0 Å². The van der Waals surface area contributed by atoms with E-state index < -0.39 is 0 Å². The van der Waals surface area contributed by atoms with Crippen molar-refractivity contribution in [3.8, 4) is 10.4 Å². The molecule has 76 valence electrons. The van der Waals surface area contributed by atoms with Crippen LogP contribution in [0, 0.1) is 6.92 Å². The molecule has 0 aliphatic heterocycles. The zero-order valence-corrected chi connectivity index (χ0v) is 9.17. The smallest absolute Gasteiger partial charge is 0.160 e. The quantitative estimate of drug-likeness (QED) is 0.620. The number of rotatable bonds is 2. The van der Waals surface area contributed by atoms with Crippen LogP contribution in [-0.4, -0.2) is 6.29 Å². The van der Waals surface area contributed by atoms with E-state index in [1.807, 2.05) is 31.2 Å². The minimum Gasteiger partial charge on any atom is -0.399 e. The maximum atomic E-state index is 10.6. The molecule has 0 atom stereocenters. The van der Waals surface area contributed by atoms with Crippen LogP contribution in [0.3, 0.4) is 0 Å². The minimum absolute atomic E-state index is 0.741. The first-order chi connectivity index (χ1) is 7.19. The summed E-state index contributed by atoms with van der Waals surface area (Å²) in [6.07, 6.45) is 0.868. The monoisotopic (exact) mass is 217 g/mol. The number of aryl methyl sites for hydroxylation is 1. The molecule has 0 saturated carbocycles. The summed E-state index contributed by atoms with van der Waals surface area (Å²) in [6.45, 7) is 2.01. The summed E-state index contributed by atoms with van der Waals surface area (Å²) in [5.41, 5.74) is 8.73. The molecule has 0 unspecified atom stereocenters. The lowest BCUT2D eigenvalue weighted by molar-refractivity contribution is 0.112. The van der Waals surface area contributed by atoms with Gasteiger partial charge >= 0.3 is 0 Å². The SMILES string of the molecule is Cc1cc(N)cc(-c2ccc(C=O)s2)c1. The normalized spacial score (nSPS) is 10.2. The molecular formula is C12H11NOS. The van der Waals surface area contributed by atoms with E-state index in [0.29, 0.717) is 0 Å². The van der Waals surface area contributed by atoms with Crippen LogP contribution in [0.4, 0.5) is 5.69 Å². The molecular weight excluding hydrogens is 206 g/mol. The molecule has 1 aromatic heterocycles. The van der Waals surface area contributed by atoms with Gasteiger partial charge in [-0.3, -0.25) is 4.79 Å². The zero-order valence-electron chi connectivity index (χ0n) is 8.36. The van der Waals surface area contributed by atoms with E-state index in [4.69, 9.17) is 5.73 Å². The fourth-order valence-corrected chi connectivity index (χ4v) is 2.34. The van der Waals surface area contributed by atoms with Crippen LogP contribution in [0.1, 0.15) is 15.2 Å². The van der Waals surface area contributed by atoms with Crippen LogP contribution in [0.15, 0.2) is 30.3 Å². The maximum absolute atomic E-state index is 10.6. The zero-order chi connectivity index (χ0) is 10.8. The number of carbonyl (C=O) groups excluding carboxylic acids is 1. The Labute approximate surface area is 92.4 Å². The number of carbonyl (C=O) groups is 1. The topological polar surface area (TPSA) is 43.1 Å². The first-order valence-corrected chi connectivity index (χ1v) is 5.43. The summed E-state index contributed by atoms with van der Waals surface area (Å²) in [6, 6.07) is 9.69. The molecule has 0 aliphatic carbocycles. The Morgan fingerprint density at radius 2 is 2.07 bits per heavy atom. The predicted octanol–water partition coefficient (Wildman–Crippen LogP) is 3.12. The van der Waals surface area contributed by atoms with E-state index in [9.17, 15) is 4.79 Å². The van der Waals surface area contributed by atoms with Gasteiger partial charge in [0.2, 0.25) is 0 Å². The van der Waals surface area contributed by atoms with E-state index in [0.717, 1.165) is 32.9 Å². The van der Waals surface area contributed by atoms with Gasteiger partial charge in [0.1, 0.15) is 0 Å². The van der Waals surface area contributed by atoms with E-state index in [1.54, 1.807) is 0 Å². The third-order valence-electron chi connectivity index (χ3n) is 2.13. The average Bonchev–Trinajstić information content (AvgIpc) is 2.64. The summed E-state index contributed by atoms with van der Waals surface area (Å²) in [4.78, 5) is 12.4. The first kappa shape index (κ1) is 9.93. The maximum Gasteiger partial charge on any atom is 0.160 e. The van der Waals surface area contributed by atoms with Crippen molar-refractivity contribution in [3.05, 3.63) is 40.8 Å². The number of thiophene rings is 1. The minimum atomic E-state index is 0.741. The van der Waals surface area contributed by atoms with Crippen molar-refractivity contribution in [2.45, 2.75) is 6.92 Å². The average molecular weight is 217 g/mol. The van der Waals surface area contributed by atoms with E-state index in [1.165, 1.54) is 11.3 Å². The summed E-state index contributed by atoms with van der Waals surface area (Å²) in [5.74, 6) is 0. The number of nitrogens with two attached hydrogens (primary N) is 1. The van der Waals surface area contributed by atoms with Crippen LogP contribution in [0.2, 0.25) is 0 Å². The van der Waals surface area contributed by atoms with Gasteiger partial charge in [-0.05, 0) is 42.3 Å². The van der Waals surface area contributed by atoms with Crippen LogP contribution in [0.25, 0.3) is 10.4 Å². The standard InChI is InChI=1S/C12H11NOS/c1-8-4-9(6-10(13)5-8)12-3-2-11(7-14)15-12/h2-7H,13H2,1H3. The number of anilines is 1. The van der Waals surface area contributed by atoms with Gasteiger partial charge in [0, 0.05) is 10.6 Å². The third-order valence-corrected chi connectivity index (χ3v) is 3.19. The summed E-state index contributed by atoms with van der Waals surface area (Å²) < 4.78 is 0. The second kappa shape index (κ2) is 3.87. The van der Waals surface area contributed by atoms with E-state index in [-0.39, 0.29) is 0 Å². The van der Waals surface area contributed by atoms with Gasteiger partial charge in [0.15, 0.2) is 6.29 Å². The summed E-state index contributed by atoms with van der Waals surface area (Å²) in [7, 11) is 0. The van der Waals surface area contributed by atoms with Gasteiger partial charge in [-0.1, -0.05) is 6.07 Å². The van der Waals surface area contributed by atoms with Gasteiger partial charge in [-0.2, -0.15) is 0 Å². The molecule has 1 heterocycles. The number of hydrogen-bond donors (Lipinski definition) is 1. The van der Waals surface area contributed by atoms with Gasteiger partial charge in [-0.25, -0.2) is 0 Å². The van der Waals surface area contributed by atoms with Gasteiger partial charge < -0.3 is 5.73 Å². The molecule has 0 fully saturated rings. The Morgan fingerprint density at radius 3 is 2.67 bits per heavy atom. The van der Waals surface area contributed by atoms with Gasteiger partial charge in [-0.15, -0.1) is 11.3 Å². The predicted molar refractivity (Wildman–Crippen MR) is 64.3 cm³/mol. The number of hydrogen-bond acceptors (Lipinski definition) is 3. The van der Waals surface area contributed by atoms with Crippen molar-refractivity contribution < 1.29 is 4.79 Å². The van der Waals surface area contributed by atoms with Crippen molar-refractivity contribution >= 4 is 23.3 Å². The Morgan fingerprint density at radius 1 is 1.27 bits per heavy atom. The molecule has 2 N–H and O–H groups in total. The largest absolute Gasteiger partial charge is 0.399 e. The highest BCUT2D eigenvalue weighted by Crippen LogP contribution is 2.29. The fraction of sp³-hybridized carbons (Fsp3) is 0.0833.